The molecule has 2 amide bonds. The number of halogens is 1. The van der Waals surface area contributed by atoms with Gasteiger partial charge in [0.25, 0.3) is 11.6 Å². The van der Waals surface area contributed by atoms with Gasteiger partial charge in [-0.1, -0.05) is 0 Å². The van der Waals surface area contributed by atoms with Crippen molar-refractivity contribution in [3.05, 3.63) is 38.3 Å². The molecule has 0 aliphatic rings. The Morgan fingerprint density at radius 2 is 2.05 bits per heavy atom. The van der Waals surface area contributed by atoms with Gasteiger partial charge < -0.3 is 10.2 Å². The van der Waals surface area contributed by atoms with Crippen molar-refractivity contribution in [3.8, 4) is 0 Å². The number of hydrogen-bond donors (Lipinski definition) is 1. The first-order valence-electron chi connectivity index (χ1n) is 5.25. The highest BCUT2D eigenvalue weighted by molar-refractivity contribution is 9.10. The first kappa shape index (κ1) is 15.1. The number of nitrogens with one attached hydrogen (secondary N) is 1. The van der Waals surface area contributed by atoms with Gasteiger partial charge in [-0.05, 0) is 22.0 Å². The Morgan fingerprint density at radius 1 is 1.42 bits per heavy atom. The van der Waals surface area contributed by atoms with E-state index in [9.17, 15) is 19.7 Å². The lowest BCUT2D eigenvalue weighted by Crippen LogP contribution is -2.36. The van der Waals surface area contributed by atoms with Gasteiger partial charge >= 0.3 is 0 Å². The van der Waals surface area contributed by atoms with Crippen molar-refractivity contribution in [1.29, 1.82) is 0 Å². The molecule has 7 nitrogen and oxygen atoms in total. The molecule has 0 unspecified atom stereocenters. The molecule has 0 radical (unpaired) electrons. The van der Waals surface area contributed by atoms with E-state index in [4.69, 9.17) is 0 Å². The number of nitro benzene ring substituents is 1. The number of amides is 2. The van der Waals surface area contributed by atoms with Crippen LogP contribution in [0.3, 0.4) is 0 Å². The van der Waals surface area contributed by atoms with Gasteiger partial charge in [0.05, 0.1) is 17.0 Å². The van der Waals surface area contributed by atoms with Crippen molar-refractivity contribution in [1.82, 2.24) is 10.2 Å². The number of rotatable bonds is 4. The van der Waals surface area contributed by atoms with Gasteiger partial charge in [-0.2, -0.15) is 0 Å². The Balaban J connectivity index is 2.84. The number of benzene rings is 1. The molecule has 0 fully saturated rings. The number of carbonyl (C=O) groups excluding carboxylic acids is 2. The third-order valence-corrected chi connectivity index (χ3v) is 3.00. The fraction of sp³-hybridized carbons (Fsp3) is 0.273. The molecule has 1 N–H and O–H groups in total. The van der Waals surface area contributed by atoms with E-state index >= 15 is 0 Å². The number of non-ortho nitro benzene ring substituents is 1. The lowest BCUT2D eigenvalue weighted by atomic mass is 10.2. The monoisotopic (exact) mass is 329 g/mol. The van der Waals surface area contributed by atoms with Crippen LogP contribution in [0.5, 0.6) is 0 Å². The topological polar surface area (TPSA) is 92.6 Å². The Bertz CT molecular complexity index is 531. The minimum atomic E-state index is -0.589. The zero-order valence-corrected chi connectivity index (χ0v) is 11.9. The molecule has 0 aliphatic carbocycles. The van der Waals surface area contributed by atoms with E-state index in [1.165, 1.54) is 17.0 Å². The zero-order chi connectivity index (χ0) is 14.6. The Hall–Kier alpha value is -1.96. The molecular weight excluding hydrogens is 318 g/mol. The van der Waals surface area contributed by atoms with Crippen LogP contribution in [0.4, 0.5) is 5.69 Å². The maximum atomic E-state index is 11.8. The second-order valence-corrected chi connectivity index (χ2v) is 4.75. The van der Waals surface area contributed by atoms with Crippen LogP contribution in [0.25, 0.3) is 0 Å². The molecule has 8 heteroatoms. The summed E-state index contributed by atoms with van der Waals surface area (Å²) in [7, 11) is 3.13. The fourth-order valence-electron chi connectivity index (χ4n) is 1.21. The van der Waals surface area contributed by atoms with E-state index in [0.717, 1.165) is 6.07 Å². The first-order valence-corrected chi connectivity index (χ1v) is 6.04. The summed E-state index contributed by atoms with van der Waals surface area (Å²) in [5, 5.41) is 13.0. The quantitative estimate of drug-likeness (QED) is 0.663. The molecule has 1 aromatic carbocycles. The smallest absolute Gasteiger partial charge is 0.270 e. The van der Waals surface area contributed by atoms with E-state index in [1.54, 1.807) is 14.1 Å². The molecule has 19 heavy (non-hydrogen) atoms. The highest BCUT2D eigenvalue weighted by Crippen LogP contribution is 2.22. The number of carbonyl (C=O) groups is 2. The van der Waals surface area contributed by atoms with Gasteiger partial charge in [0.15, 0.2) is 0 Å². The van der Waals surface area contributed by atoms with Crippen molar-refractivity contribution < 1.29 is 14.5 Å². The summed E-state index contributed by atoms with van der Waals surface area (Å²) in [6.45, 7) is -0.166. The van der Waals surface area contributed by atoms with E-state index in [-0.39, 0.29) is 23.7 Å². The summed E-state index contributed by atoms with van der Waals surface area (Å²) in [6, 6.07) is 3.85. The van der Waals surface area contributed by atoms with E-state index < -0.39 is 10.8 Å². The van der Waals surface area contributed by atoms with Gasteiger partial charge in [0.1, 0.15) is 0 Å². The van der Waals surface area contributed by atoms with Crippen molar-refractivity contribution >= 4 is 33.4 Å². The average molecular weight is 330 g/mol. The highest BCUT2D eigenvalue weighted by atomic mass is 79.9. The van der Waals surface area contributed by atoms with Crippen LogP contribution >= 0.6 is 15.9 Å². The largest absolute Gasteiger partial charge is 0.347 e. The molecule has 1 rings (SSSR count). The van der Waals surface area contributed by atoms with Crippen LogP contribution in [-0.2, 0) is 4.79 Å². The molecule has 0 saturated carbocycles. The van der Waals surface area contributed by atoms with Crippen LogP contribution in [-0.4, -0.2) is 42.3 Å². The van der Waals surface area contributed by atoms with Gasteiger partial charge in [0, 0.05) is 30.7 Å². The molecule has 0 saturated heterocycles. The van der Waals surface area contributed by atoms with Gasteiger partial charge in [-0.3, -0.25) is 19.7 Å². The van der Waals surface area contributed by atoms with E-state index in [1.807, 2.05) is 0 Å². The van der Waals surface area contributed by atoms with Crippen LogP contribution in [0, 0.1) is 10.1 Å². The molecule has 0 heterocycles. The van der Waals surface area contributed by atoms with Gasteiger partial charge in [0.2, 0.25) is 5.91 Å². The van der Waals surface area contributed by atoms with Crippen molar-refractivity contribution in [2.45, 2.75) is 0 Å². The van der Waals surface area contributed by atoms with E-state index in [2.05, 4.69) is 21.2 Å². The zero-order valence-electron chi connectivity index (χ0n) is 10.3. The molecule has 0 aromatic heterocycles. The van der Waals surface area contributed by atoms with Crippen molar-refractivity contribution in [2.24, 2.45) is 0 Å². The van der Waals surface area contributed by atoms with Crippen molar-refractivity contribution in [3.63, 3.8) is 0 Å². The van der Waals surface area contributed by atoms with Gasteiger partial charge in [-0.15, -0.1) is 0 Å². The Morgan fingerprint density at radius 3 is 2.58 bits per heavy atom. The predicted molar refractivity (Wildman–Crippen MR) is 71.8 cm³/mol. The molecule has 102 valence electrons. The minimum absolute atomic E-state index is 0.112. The number of likely N-dealkylation sites (N-methyl/N-ethyl adjacent to an activating group) is 1. The summed E-state index contributed by atoms with van der Waals surface area (Å²) >= 11 is 3.14. The van der Waals surface area contributed by atoms with Crippen LogP contribution in [0.15, 0.2) is 22.7 Å². The first-order chi connectivity index (χ1) is 8.82. The molecule has 1 aromatic rings. The Kier molecular flexibility index (Phi) is 4.99. The summed E-state index contributed by atoms with van der Waals surface area (Å²) in [6.07, 6.45) is 0. The van der Waals surface area contributed by atoms with Crippen LogP contribution in [0.2, 0.25) is 0 Å². The summed E-state index contributed by atoms with van der Waals surface area (Å²) in [5.74, 6) is -0.819. The van der Waals surface area contributed by atoms with Crippen molar-refractivity contribution in [2.75, 3.05) is 20.6 Å². The third-order valence-electron chi connectivity index (χ3n) is 2.30. The maximum Gasteiger partial charge on any atom is 0.270 e. The molecule has 0 bridgehead atoms. The summed E-state index contributed by atoms with van der Waals surface area (Å²) in [4.78, 5) is 34.6. The molecule has 0 atom stereocenters. The normalized spacial score (nSPS) is 9.84. The predicted octanol–water partition coefficient (Wildman–Crippen LogP) is 1.18. The van der Waals surface area contributed by atoms with E-state index in [0.29, 0.717) is 4.47 Å². The standard InChI is InChI=1S/C11H12BrN3O4/c1-14(2)10(16)6-13-11(17)8-5-7(15(18)19)3-4-9(8)12/h3-5H,6H2,1-2H3,(H,13,17). The second kappa shape index (κ2) is 6.28. The highest BCUT2D eigenvalue weighted by Gasteiger charge is 2.16. The SMILES string of the molecule is CN(C)C(=O)CNC(=O)c1cc([N+](=O)[O-])ccc1Br. The number of hydrogen-bond acceptors (Lipinski definition) is 4. The molecular formula is C11H12BrN3O4. The maximum absolute atomic E-state index is 11.8. The van der Waals surface area contributed by atoms with Crippen LogP contribution < -0.4 is 5.32 Å². The lowest BCUT2D eigenvalue weighted by molar-refractivity contribution is -0.384. The number of nitrogens with zero attached hydrogens (tertiary/aromatic N) is 2. The number of nitro groups is 1. The average Bonchev–Trinajstić information content (AvgIpc) is 2.35. The lowest BCUT2D eigenvalue weighted by Gasteiger charge is -2.11. The summed E-state index contributed by atoms with van der Waals surface area (Å²) < 4.78 is 0.424. The minimum Gasteiger partial charge on any atom is -0.347 e. The summed E-state index contributed by atoms with van der Waals surface area (Å²) in [5.41, 5.74) is -0.0759. The van der Waals surface area contributed by atoms with Crippen LogP contribution in [0.1, 0.15) is 10.4 Å². The fourth-order valence-corrected chi connectivity index (χ4v) is 1.64. The van der Waals surface area contributed by atoms with Gasteiger partial charge in [-0.25, -0.2) is 0 Å². The molecule has 0 spiro atoms. The Labute approximate surface area is 117 Å². The third kappa shape index (κ3) is 4.02. The second-order valence-electron chi connectivity index (χ2n) is 3.89. The molecule has 0 aliphatic heterocycles.